The Morgan fingerprint density at radius 1 is 1.45 bits per heavy atom. The highest BCUT2D eigenvalue weighted by Crippen LogP contribution is 2.34. The van der Waals surface area contributed by atoms with Crippen LogP contribution in [0.25, 0.3) is 0 Å². The minimum atomic E-state index is 0. The number of nitrogens with one attached hydrogen (secondary N) is 2. The number of fused-ring (bicyclic) bond motifs is 2. The predicted octanol–water partition coefficient (Wildman–Crippen LogP) is 1.93. The van der Waals surface area contributed by atoms with Gasteiger partial charge in [-0.25, -0.2) is 0 Å². The van der Waals surface area contributed by atoms with Crippen molar-refractivity contribution in [2.75, 3.05) is 13.6 Å². The molecule has 2 fully saturated rings. The number of nitrogens with zero attached hydrogens (tertiary/aromatic N) is 1. The van der Waals surface area contributed by atoms with Crippen LogP contribution in [0.2, 0.25) is 0 Å². The largest absolute Gasteiger partial charge is 0.469 e. The lowest BCUT2D eigenvalue weighted by molar-refractivity contribution is 0.0992. The third-order valence-electron chi connectivity index (χ3n) is 3.90. The Balaban J connectivity index is 0.00000147. The minimum Gasteiger partial charge on any atom is -0.469 e. The smallest absolute Gasteiger partial charge is 0.191 e. The van der Waals surface area contributed by atoms with Crippen molar-refractivity contribution in [2.24, 2.45) is 4.99 Å². The zero-order valence-electron chi connectivity index (χ0n) is 11.7. The molecule has 3 rings (SSSR count). The molecule has 1 aromatic heterocycles. The molecule has 2 saturated heterocycles. The maximum Gasteiger partial charge on any atom is 0.191 e. The molecular weight excluding hydrogens is 369 g/mol. The molecule has 2 aliphatic heterocycles. The highest BCUT2D eigenvalue weighted by Gasteiger charge is 2.41. The molecule has 2 aliphatic rings. The average Bonchev–Trinajstić information content (AvgIpc) is 3.14. The van der Waals surface area contributed by atoms with Crippen molar-refractivity contribution in [1.29, 1.82) is 0 Å². The number of furan rings is 1. The van der Waals surface area contributed by atoms with E-state index in [9.17, 15) is 0 Å². The molecule has 0 spiro atoms. The summed E-state index contributed by atoms with van der Waals surface area (Å²) in [5.74, 6) is 1.85. The third kappa shape index (κ3) is 3.66. The predicted molar refractivity (Wildman–Crippen MR) is 88.6 cm³/mol. The van der Waals surface area contributed by atoms with Gasteiger partial charge in [-0.3, -0.25) is 4.99 Å². The fraction of sp³-hybridized carbons (Fsp3) is 0.643. The fourth-order valence-electron chi connectivity index (χ4n) is 2.92. The summed E-state index contributed by atoms with van der Waals surface area (Å²) in [5, 5.41) is 6.78. The van der Waals surface area contributed by atoms with Gasteiger partial charge in [-0.2, -0.15) is 0 Å². The Morgan fingerprint density at radius 2 is 2.35 bits per heavy atom. The van der Waals surface area contributed by atoms with Crippen LogP contribution in [-0.4, -0.2) is 37.8 Å². The standard InChI is InChI=1S/C14H21N3O2.HI/c1-15-14(16-7-6-10-3-2-8-18-10)17-12-9-11-4-5-13(12)19-11;/h2-3,8,11-13H,4-7,9H2,1H3,(H2,15,16,17);1H. The van der Waals surface area contributed by atoms with Crippen LogP contribution in [0.15, 0.2) is 27.8 Å². The van der Waals surface area contributed by atoms with Crippen molar-refractivity contribution in [3.05, 3.63) is 24.2 Å². The second-order valence-corrected chi connectivity index (χ2v) is 5.19. The van der Waals surface area contributed by atoms with Crippen molar-refractivity contribution in [2.45, 2.75) is 43.9 Å². The third-order valence-corrected chi connectivity index (χ3v) is 3.90. The molecule has 20 heavy (non-hydrogen) atoms. The van der Waals surface area contributed by atoms with E-state index in [1.807, 2.05) is 12.1 Å². The number of guanidine groups is 1. The van der Waals surface area contributed by atoms with Gasteiger partial charge in [-0.1, -0.05) is 0 Å². The number of hydrogen-bond acceptors (Lipinski definition) is 3. The van der Waals surface area contributed by atoms with Gasteiger partial charge in [-0.15, -0.1) is 24.0 Å². The van der Waals surface area contributed by atoms with Gasteiger partial charge in [0.15, 0.2) is 5.96 Å². The van der Waals surface area contributed by atoms with Crippen LogP contribution in [0.3, 0.4) is 0 Å². The first kappa shape index (κ1) is 15.6. The van der Waals surface area contributed by atoms with Gasteiger partial charge in [-0.05, 0) is 31.4 Å². The second kappa shape index (κ2) is 7.31. The molecule has 0 saturated carbocycles. The molecule has 3 unspecified atom stereocenters. The molecule has 2 bridgehead atoms. The van der Waals surface area contributed by atoms with Crippen LogP contribution < -0.4 is 10.6 Å². The molecule has 0 radical (unpaired) electrons. The summed E-state index contributed by atoms with van der Waals surface area (Å²) in [4.78, 5) is 4.26. The molecule has 2 N–H and O–H groups in total. The van der Waals surface area contributed by atoms with Gasteiger partial charge < -0.3 is 19.8 Å². The van der Waals surface area contributed by atoms with Gasteiger partial charge in [0.05, 0.1) is 24.5 Å². The maximum absolute atomic E-state index is 5.83. The van der Waals surface area contributed by atoms with E-state index in [1.165, 1.54) is 12.8 Å². The summed E-state index contributed by atoms with van der Waals surface area (Å²) < 4.78 is 11.1. The van der Waals surface area contributed by atoms with E-state index < -0.39 is 0 Å². The summed E-state index contributed by atoms with van der Waals surface area (Å²) in [6, 6.07) is 4.31. The van der Waals surface area contributed by atoms with Gasteiger partial charge in [0.2, 0.25) is 0 Å². The Hall–Kier alpha value is -0.760. The normalized spacial score (nSPS) is 28.2. The number of aliphatic imine (C=N–C) groups is 1. The van der Waals surface area contributed by atoms with E-state index in [0.717, 1.165) is 31.1 Å². The van der Waals surface area contributed by atoms with Crippen LogP contribution in [0.4, 0.5) is 0 Å². The summed E-state index contributed by atoms with van der Waals surface area (Å²) in [6.45, 7) is 0.814. The van der Waals surface area contributed by atoms with Crippen molar-refractivity contribution >= 4 is 29.9 Å². The molecule has 0 aromatic carbocycles. The van der Waals surface area contributed by atoms with Crippen LogP contribution in [0, 0.1) is 0 Å². The van der Waals surface area contributed by atoms with Gasteiger partial charge in [0, 0.05) is 20.0 Å². The molecule has 0 amide bonds. The Bertz CT molecular complexity index is 436. The molecule has 6 heteroatoms. The first-order valence-corrected chi connectivity index (χ1v) is 7.00. The van der Waals surface area contributed by atoms with Crippen LogP contribution in [-0.2, 0) is 11.2 Å². The molecule has 3 atom stereocenters. The van der Waals surface area contributed by atoms with Crippen LogP contribution in [0.1, 0.15) is 25.0 Å². The van der Waals surface area contributed by atoms with E-state index in [2.05, 4.69) is 15.6 Å². The van der Waals surface area contributed by atoms with Gasteiger partial charge in [0.1, 0.15) is 5.76 Å². The highest BCUT2D eigenvalue weighted by molar-refractivity contribution is 14.0. The Morgan fingerprint density at radius 3 is 2.95 bits per heavy atom. The summed E-state index contributed by atoms with van der Waals surface area (Å²) in [5.41, 5.74) is 0. The lowest BCUT2D eigenvalue weighted by atomic mass is 9.96. The summed E-state index contributed by atoms with van der Waals surface area (Å²) in [6.07, 6.45) is 6.89. The molecule has 3 heterocycles. The van der Waals surface area contributed by atoms with Crippen LogP contribution >= 0.6 is 24.0 Å². The SMILES string of the molecule is CN=C(NCCc1ccco1)NC1CC2CCC1O2.I. The van der Waals surface area contributed by atoms with E-state index in [0.29, 0.717) is 18.2 Å². The Kier molecular flexibility index (Phi) is 5.71. The molecular formula is C14H22IN3O2. The van der Waals surface area contributed by atoms with E-state index >= 15 is 0 Å². The van der Waals surface area contributed by atoms with Crippen molar-refractivity contribution in [1.82, 2.24) is 10.6 Å². The number of hydrogen-bond donors (Lipinski definition) is 2. The lowest BCUT2D eigenvalue weighted by Gasteiger charge is -2.22. The zero-order valence-corrected chi connectivity index (χ0v) is 14.0. The zero-order chi connectivity index (χ0) is 13.1. The number of ether oxygens (including phenoxy) is 1. The van der Waals surface area contributed by atoms with E-state index in [-0.39, 0.29) is 24.0 Å². The number of rotatable bonds is 4. The second-order valence-electron chi connectivity index (χ2n) is 5.19. The van der Waals surface area contributed by atoms with E-state index in [4.69, 9.17) is 9.15 Å². The topological polar surface area (TPSA) is 58.8 Å². The molecule has 1 aromatic rings. The molecule has 0 aliphatic carbocycles. The lowest BCUT2D eigenvalue weighted by Crippen LogP contribution is -2.47. The van der Waals surface area contributed by atoms with Crippen molar-refractivity contribution < 1.29 is 9.15 Å². The quantitative estimate of drug-likeness (QED) is 0.468. The first-order valence-electron chi connectivity index (χ1n) is 7.00. The monoisotopic (exact) mass is 391 g/mol. The molecule has 5 nitrogen and oxygen atoms in total. The van der Waals surface area contributed by atoms with Gasteiger partial charge in [0.25, 0.3) is 0 Å². The van der Waals surface area contributed by atoms with E-state index in [1.54, 1.807) is 13.3 Å². The average molecular weight is 391 g/mol. The summed E-state index contributed by atoms with van der Waals surface area (Å²) in [7, 11) is 1.80. The summed E-state index contributed by atoms with van der Waals surface area (Å²) >= 11 is 0. The van der Waals surface area contributed by atoms with Crippen molar-refractivity contribution in [3.8, 4) is 0 Å². The number of halogens is 1. The van der Waals surface area contributed by atoms with Crippen LogP contribution in [0.5, 0.6) is 0 Å². The maximum atomic E-state index is 5.83. The fourth-order valence-corrected chi connectivity index (χ4v) is 2.92. The first-order chi connectivity index (χ1) is 9.35. The van der Waals surface area contributed by atoms with Gasteiger partial charge >= 0.3 is 0 Å². The highest BCUT2D eigenvalue weighted by atomic mass is 127. The minimum absolute atomic E-state index is 0. The van der Waals surface area contributed by atoms with Crippen molar-refractivity contribution in [3.63, 3.8) is 0 Å². The molecule has 112 valence electrons. The Labute approximate surface area is 136 Å².